The van der Waals surface area contributed by atoms with Crippen molar-refractivity contribution in [2.45, 2.75) is 20.0 Å². The summed E-state index contributed by atoms with van der Waals surface area (Å²) in [6, 6.07) is 7.28. The average Bonchev–Trinajstić information content (AvgIpc) is 2.77. The summed E-state index contributed by atoms with van der Waals surface area (Å²) in [7, 11) is 0. The Morgan fingerprint density at radius 3 is 2.79 bits per heavy atom. The second kappa shape index (κ2) is 6.27. The molecule has 0 saturated heterocycles. The number of nitro benzene ring substituents is 1. The zero-order valence-electron chi connectivity index (χ0n) is 10.4. The van der Waals surface area contributed by atoms with Crippen LogP contribution in [0.25, 0.3) is 0 Å². The van der Waals surface area contributed by atoms with Gasteiger partial charge < -0.3 is 5.32 Å². The molecule has 2 aromatic rings. The van der Waals surface area contributed by atoms with Crippen LogP contribution >= 0.6 is 27.3 Å². The summed E-state index contributed by atoms with van der Waals surface area (Å²) in [4.78, 5) is 11.8. The Bertz CT molecular complexity index is 598. The van der Waals surface area contributed by atoms with Crippen LogP contribution in [-0.2, 0) is 13.1 Å². The van der Waals surface area contributed by atoms with Gasteiger partial charge in [-0.05, 0) is 51.5 Å². The van der Waals surface area contributed by atoms with Crippen molar-refractivity contribution in [1.29, 1.82) is 0 Å². The molecule has 0 aliphatic carbocycles. The van der Waals surface area contributed by atoms with Crippen molar-refractivity contribution in [3.63, 3.8) is 0 Å². The number of rotatable bonds is 5. The van der Waals surface area contributed by atoms with E-state index in [1.165, 1.54) is 10.4 Å². The molecule has 1 N–H and O–H groups in total. The number of hydrogen-bond acceptors (Lipinski definition) is 4. The number of nitrogens with one attached hydrogen (secondary N) is 1. The summed E-state index contributed by atoms with van der Waals surface area (Å²) in [5, 5.41) is 16.2. The number of aryl methyl sites for hydroxylation is 1. The molecule has 0 aliphatic heterocycles. The molecule has 0 atom stereocenters. The van der Waals surface area contributed by atoms with Gasteiger partial charge in [0.15, 0.2) is 0 Å². The summed E-state index contributed by atoms with van der Waals surface area (Å²) < 4.78 is 0.510. The van der Waals surface area contributed by atoms with Crippen molar-refractivity contribution in [2.75, 3.05) is 0 Å². The van der Waals surface area contributed by atoms with Crippen molar-refractivity contribution in [2.24, 2.45) is 0 Å². The normalized spacial score (nSPS) is 10.6. The molecule has 0 aliphatic rings. The Balaban J connectivity index is 1.98. The van der Waals surface area contributed by atoms with E-state index in [1.54, 1.807) is 23.5 Å². The minimum atomic E-state index is -0.378. The van der Waals surface area contributed by atoms with Gasteiger partial charge in [0.2, 0.25) is 0 Å². The maximum absolute atomic E-state index is 10.8. The number of nitrogens with zero attached hydrogens (tertiary/aromatic N) is 1. The Morgan fingerprint density at radius 2 is 2.16 bits per heavy atom. The van der Waals surface area contributed by atoms with E-state index >= 15 is 0 Å². The molecule has 0 bridgehead atoms. The van der Waals surface area contributed by atoms with E-state index in [0.717, 1.165) is 12.1 Å². The fraction of sp³-hybridized carbons (Fsp3) is 0.231. The largest absolute Gasteiger partial charge is 0.308 e. The van der Waals surface area contributed by atoms with Crippen LogP contribution in [0.2, 0.25) is 0 Å². The van der Waals surface area contributed by atoms with E-state index in [0.29, 0.717) is 11.0 Å². The van der Waals surface area contributed by atoms with Gasteiger partial charge >= 0.3 is 0 Å². The van der Waals surface area contributed by atoms with Crippen LogP contribution in [-0.4, -0.2) is 4.92 Å². The standard InChI is InChI=1S/C13H13BrN2O2S/c1-9-4-5-19-13(9)8-15-7-10-2-3-11(14)12(6-10)16(17)18/h2-6,15H,7-8H2,1H3. The molecule has 0 radical (unpaired) electrons. The van der Waals surface area contributed by atoms with Crippen LogP contribution in [0.4, 0.5) is 5.69 Å². The predicted molar refractivity (Wildman–Crippen MR) is 80.4 cm³/mol. The van der Waals surface area contributed by atoms with Gasteiger partial charge in [0, 0.05) is 24.0 Å². The second-order valence-electron chi connectivity index (χ2n) is 4.17. The van der Waals surface area contributed by atoms with Gasteiger partial charge in [0.05, 0.1) is 9.40 Å². The van der Waals surface area contributed by atoms with E-state index < -0.39 is 0 Å². The van der Waals surface area contributed by atoms with Crippen LogP contribution in [0.1, 0.15) is 16.0 Å². The molecule has 0 fully saturated rings. The lowest BCUT2D eigenvalue weighted by molar-refractivity contribution is -0.385. The van der Waals surface area contributed by atoms with Crippen LogP contribution < -0.4 is 5.32 Å². The third kappa shape index (κ3) is 3.62. The van der Waals surface area contributed by atoms with Gasteiger partial charge in [0.1, 0.15) is 0 Å². The molecule has 4 nitrogen and oxygen atoms in total. The highest BCUT2D eigenvalue weighted by atomic mass is 79.9. The van der Waals surface area contributed by atoms with E-state index in [9.17, 15) is 10.1 Å². The van der Waals surface area contributed by atoms with E-state index in [4.69, 9.17) is 0 Å². The number of hydrogen-bond donors (Lipinski definition) is 1. The first kappa shape index (κ1) is 14.2. The molecular weight excluding hydrogens is 328 g/mol. The van der Waals surface area contributed by atoms with Crippen LogP contribution in [0.15, 0.2) is 34.1 Å². The lowest BCUT2D eigenvalue weighted by atomic mass is 10.2. The van der Waals surface area contributed by atoms with Gasteiger partial charge in [0.25, 0.3) is 5.69 Å². The van der Waals surface area contributed by atoms with Crippen LogP contribution in [0, 0.1) is 17.0 Å². The summed E-state index contributed by atoms with van der Waals surface area (Å²) in [6.45, 7) is 3.48. The molecule has 0 amide bonds. The zero-order chi connectivity index (χ0) is 13.8. The fourth-order valence-corrected chi connectivity index (χ4v) is 2.98. The van der Waals surface area contributed by atoms with Crippen molar-refractivity contribution >= 4 is 33.0 Å². The van der Waals surface area contributed by atoms with Crippen LogP contribution in [0.5, 0.6) is 0 Å². The molecular formula is C13H13BrN2O2S. The van der Waals surface area contributed by atoms with Crippen molar-refractivity contribution in [1.82, 2.24) is 5.32 Å². The Labute approximate surface area is 123 Å². The summed E-state index contributed by atoms with van der Waals surface area (Å²) >= 11 is 4.90. The molecule has 0 unspecified atom stereocenters. The first-order chi connectivity index (χ1) is 9.08. The van der Waals surface area contributed by atoms with Crippen molar-refractivity contribution in [3.05, 3.63) is 60.2 Å². The Morgan fingerprint density at radius 1 is 1.37 bits per heavy atom. The number of thiophene rings is 1. The molecule has 19 heavy (non-hydrogen) atoms. The van der Waals surface area contributed by atoms with E-state index in [1.807, 2.05) is 6.07 Å². The van der Waals surface area contributed by atoms with Gasteiger partial charge in [-0.3, -0.25) is 10.1 Å². The lowest BCUT2D eigenvalue weighted by Crippen LogP contribution is -2.12. The smallest absolute Gasteiger partial charge is 0.283 e. The average molecular weight is 341 g/mol. The minimum Gasteiger partial charge on any atom is -0.308 e. The summed E-state index contributed by atoms with van der Waals surface area (Å²) in [5.41, 5.74) is 2.29. The van der Waals surface area contributed by atoms with Gasteiger partial charge in [-0.25, -0.2) is 0 Å². The molecule has 6 heteroatoms. The first-order valence-electron chi connectivity index (χ1n) is 5.74. The summed E-state index contributed by atoms with van der Waals surface area (Å²) in [6.07, 6.45) is 0. The van der Waals surface area contributed by atoms with E-state index in [-0.39, 0.29) is 10.6 Å². The summed E-state index contributed by atoms with van der Waals surface area (Å²) in [5.74, 6) is 0. The quantitative estimate of drug-likeness (QED) is 0.660. The van der Waals surface area contributed by atoms with Crippen molar-refractivity contribution in [3.8, 4) is 0 Å². The monoisotopic (exact) mass is 340 g/mol. The highest BCUT2D eigenvalue weighted by Gasteiger charge is 2.12. The lowest BCUT2D eigenvalue weighted by Gasteiger charge is -2.05. The van der Waals surface area contributed by atoms with E-state index in [2.05, 4.69) is 39.6 Å². The maximum atomic E-state index is 10.8. The molecule has 1 aromatic heterocycles. The Kier molecular flexibility index (Phi) is 4.68. The zero-order valence-corrected chi connectivity index (χ0v) is 12.8. The van der Waals surface area contributed by atoms with Gasteiger partial charge in [-0.15, -0.1) is 11.3 Å². The Hall–Kier alpha value is -1.24. The van der Waals surface area contributed by atoms with Gasteiger partial charge in [-0.2, -0.15) is 0 Å². The number of halogens is 1. The predicted octanol–water partition coefficient (Wildman–Crippen LogP) is 4.02. The minimum absolute atomic E-state index is 0.103. The molecule has 1 heterocycles. The molecule has 2 rings (SSSR count). The maximum Gasteiger partial charge on any atom is 0.283 e. The van der Waals surface area contributed by atoms with Gasteiger partial charge in [-0.1, -0.05) is 6.07 Å². The molecule has 0 saturated carbocycles. The van der Waals surface area contributed by atoms with Crippen molar-refractivity contribution < 1.29 is 4.92 Å². The first-order valence-corrected chi connectivity index (χ1v) is 7.41. The SMILES string of the molecule is Cc1ccsc1CNCc1ccc(Br)c([N+](=O)[O-])c1. The second-order valence-corrected chi connectivity index (χ2v) is 6.03. The number of benzene rings is 1. The topological polar surface area (TPSA) is 55.2 Å². The third-order valence-corrected chi connectivity index (χ3v) is 4.48. The molecule has 1 aromatic carbocycles. The highest BCUT2D eigenvalue weighted by molar-refractivity contribution is 9.10. The fourth-order valence-electron chi connectivity index (χ4n) is 1.71. The van der Waals surface area contributed by atoms with Crippen LogP contribution in [0.3, 0.4) is 0 Å². The molecule has 100 valence electrons. The molecule has 0 spiro atoms. The number of nitro groups is 1. The highest BCUT2D eigenvalue weighted by Crippen LogP contribution is 2.25. The third-order valence-electron chi connectivity index (χ3n) is 2.79.